The molecule has 5 heteroatoms. The van der Waals surface area contributed by atoms with Crippen LogP contribution in [-0.4, -0.2) is 12.5 Å². The van der Waals surface area contributed by atoms with Crippen LogP contribution < -0.4 is 10.1 Å². The van der Waals surface area contributed by atoms with Crippen LogP contribution in [0.15, 0.2) is 66.8 Å². The number of carbonyl (C=O) groups excluding carboxylic acids is 1. The van der Waals surface area contributed by atoms with Crippen molar-refractivity contribution in [2.45, 2.75) is 0 Å². The van der Waals surface area contributed by atoms with Crippen molar-refractivity contribution in [2.75, 3.05) is 11.9 Å². The van der Waals surface area contributed by atoms with Gasteiger partial charge in [-0.05, 0) is 48.0 Å². The van der Waals surface area contributed by atoms with Crippen LogP contribution >= 0.6 is 11.6 Å². The summed E-state index contributed by atoms with van der Waals surface area (Å²) in [5.74, 6) is 0.211. The Morgan fingerprint density at radius 3 is 2.46 bits per heavy atom. The van der Waals surface area contributed by atoms with E-state index in [1.165, 1.54) is 6.08 Å². The Morgan fingerprint density at radius 1 is 1.21 bits per heavy atom. The summed E-state index contributed by atoms with van der Waals surface area (Å²) in [6.45, 7) is 4.00. The molecule has 0 saturated carbocycles. The zero-order chi connectivity index (χ0) is 17.4. The van der Waals surface area contributed by atoms with Gasteiger partial charge < -0.3 is 10.1 Å². The van der Waals surface area contributed by atoms with Gasteiger partial charge in [0, 0.05) is 10.7 Å². The molecular formula is C19H15ClN2O2. The van der Waals surface area contributed by atoms with Gasteiger partial charge in [0.2, 0.25) is 0 Å². The molecule has 1 amide bonds. The summed E-state index contributed by atoms with van der Waals surface area (Å²) in [6.07, 6.45) is 3.17. The Balaban J connectivity index is 2.10. The molecule has 0 aromatic heterocycles. The largest absolute Gasteiger partial charge is 0.490 e. The van der Waals surface area contributed by atoms with Crippen LogP contribution in [0.25, 0.3) is 6.08 Å². The Labute approximate surface area is 145 Å². The standard InChI is InChI=1S/C19H15ClN2O2/c1-2-11-24-18-9-3-14(4-10-18)12-15(13-21)19(23)22-17-7-5-16(20)6-8-17/h2-10,12H,1,11H2,(H,22,23)/b15-12-. The van der Waals surface area contributed by atoms with Gasteiger partial charge in [-0.25, -0.2) is 0 Å². The van der Waals surface area contributed by atoms with Gasteiger partial charge in [0.25, 0.3) is 5.91 Å². The molecule has 120 valence electrons. The number of amides is 1. The van der Waals surface area contributed by atoms with Gasteiger partial charge in [-0.15, -0.1) is 0 Å². The molecule has 24 heavy (non-hydrogen) atoms. The van der Waals surface area contributed by atoms with Gasteiger partial charge in [0.15, 0.2) is 0 Å². The number of benzene rings is 2. The molecule has 2 aromatic carbocycles. The van der Waals surface area contributed by atoms with E-state index in [0.717, 1.165) is 5.56 Å². The average Bonchev–Trinajstić information content (AvgIpc) is 2.60. The topological polar surface area (TPSA) is 62.1 Å². The van der Waals surface area contributed by atoms with E-state index >= 15 is 0 Å². The van der Waals surface area contributed by atoms with Crippen LogP contribution in [0.2, 0.25) is 5.02 Å². The molecule has 1 N–H and O–H groups in total. The van der Waals surface area contributed by atoms with Crippen molar-refractivity contribution in [1.82, 2.24) is 0 Å². The van der Waals surface area contributed by atoms with Crippen LogP contribution in [0.1, 0.15) is 5.56 Å². The van der Waals surface area contributed by atoms with E-state index in [1.807, 2.05) is 6.07 Å². The lowest BCUT2D eigenvalue weighted by Crippen LogP contribution is -2.13. The fourth-order valence-corrected chi connectivity index (χ4v) is 1.99. The lowest BCUT2D eigenvalue weighted by atomic mass is 10.1. The lowest BCUT2D eigenvalue weighted by molar-refractivity contribution is -0.112. The number of carbonyl (C=O) groups is 1. The maximum atomic E-state index is 12.2. The molecule has 0 atom stereocenters. The van der Waals surface area contributed by atoms with Crippen molar-refractivity contribution in [2.24, 2.45) is 0 Å². The van der Waals surface area contributed by atoms with Crippen LogP contribution in [-0.2, 0) is 4.79 Å². The first-order valence-corrected chi connectivity index (χ1v) is 7.52. The van der Waals surface area contributed by atoms with Gasteiger partial charge in [0.05, 0.1) is 0 Å². The maximum Gasteiger partial charge on any atom is 0.266 e. The molecule has 0 aliphatic heterocycles. The monoisotopic (exact) mass is 338 g/mol. The molecule has 0 saturated heterocycles. The Bertz CT molecular complexity index is 788. The number of halogens is 1. The van der Waals surface area contributed by atoms with E-state index in [2.05, 4.69) is 11.9 Å². The molecule has 0 heterocycles. The quantitative estimate of drug-likeness (QED) is 0.481. The highest BCUT2D eigenvalue weighted by Crippen LogP contribution is 2.17. The highest BCUT2D eigenvalue weighted by molar-refractivity contribution is 6.30. The number of hydrogen-bond acceptors (Lipinski definition) is 3. The van der Waals surface area contributed by atoms with Gasteiger partial charge in [-0.1, -0.05) is 36.4 Å². The van der Waals surface area contributed by atoms with Gasteiger partial charge in [-0.2, -0.15) is 5.26 Å². The first kappa shape index (κ1) is 17.3. The molecule has 0 unspecified atom stereocenters. The van der Waals surface area contributed by atoms with Crippen molar-refractivity contribution in [3.05, 3.63) is 77.3 Å². The number of nitrogens with zero attached hydrogens (tertiary/aromatic N) is 1. The Hall–Kier alpha value is -3.03. The third kappa shape index (κ3) is 5.01. The molecule has 0 aliphatic rings. The summed E-state index contributed by atoms with van der Waals surface area (Å²) in [7, 11) is 0. The molecular weight excluding hydrogens is 324 g/mol. The highest BCUT2D eigenvalue weighted by Gasteiger charge is 2.09. The molecule has 0 bridgehead atoms. The Morgan fingerprint density at radius 2 is 1.88 bits per heavy atom. The molecule has 2 aromatic rings. The zero-order valence-corrected chi connectivity index (χ0v) is 13.6. The number of ether oxygens (including phenoxy) is 1. The van der Waals surface area contributed by atoms with E-state index in [4.69, 9.17) is 16.3 Å². The molecule has 2 rings (SSSR count). The summed E-state index contributed by atoms with van der Waals surface area (Å²) < 4.78 is 5.38. The summed E-state index contributed by atoms with van der Waals surface area (Å²) in [5.41, 5.74) is 1.30. The summed E-state index contributed by atoms with van der Waals surface area (Å²) in [6, 6.07) is 15.6. The molecule has 0 aliphatic carbocycles. The molecule has 0 fully saturated rings. The smallest absolute Gasteiger partial charge is 0.266 e. The molecule has 4 nitrogen and oxygen atoms in total. The second-order valence-corrected chi connectivity index (χ2v) is 5.24. The fourth-order valence-electron chi connectivity index (χ4n) is 1.86. The van der Waals surface area contributed by atoms with E-state index in [1.54, 1.807) is 54.6 Å². The van der Waals surface area contributed by atoms with Crippen molar-refractivity contribution in [1.29, 1.82) is 5.26 Å². The van der Waals surface area contributed by atoms with Gasteiger partial charge >= 0.3 is 0 Å². The second kappa shape index (κ2) is 8.56. The van der Waals surface area contributed by atoms with E-state index in [0.29, 0.717) is 23.1 Å². The highest BCUT2D eigenvalue weighted by atomic mass is 35.5. The number of nitriles is 1. The van der Waals surface area contributed by atoms with Crippen LogP contribution in [0.5, 0.6) is 5.75 Å². The number of hydrogen-bond donors (Lipinski definition) is 1. The summed E-state index contributed by atoms with van der Waals surface area (Å²) in [4.78, 5) is 12.2. The minimum atomic E-state index is -0.480. The number of nitrogens with one attached hydrogen (secondary N) is 1. The molecule has 0 radical (unpaired) electrons. The van der Waals surface area contributed by atoms with Crippen molar-refractivity contribution in [3.8, 4) is 11.8 Å². The second-order valence-electron chi connectivity index (χ2n) is 4.80. The van der Waals surface area contributed by atoms with E-state index in [9.17, 15) is 10.1 Å². The first-order valence-electron chi connectivity index (χ1n) is 7.15. The molecule has 0 spiro atoms. The van der Waals surface area contributed by atoms with Crippen LogP contribution in [0, 0.1) is 11.3 Å². The van der Waals surface area contributed by atoms with Crippen molar-refractivity contribution < 1.29 is 9.53 Å². The van der Waals surface area contributed by atoms with Crippen molar-refractivity contribution >= 4 is 29.3 Å². The van der Waals surface area contributed by atoms with E-state index < -0.39 is 5.91 Å². The minimum Gasteiger partial charge on any atom is -0.490 e. The predicted molar refractivity (Wildman–Crippen MR) is 95.8 cm³/mol. The number of rotatable bonds is 6. The first-order chi connectivity index (χ1) is 11.6. The number of anilines is 1. The fraction of sp³-hybridized carbons (Fsp3) is 0.0526. The van der Waals surface area contributed by atoms with Crippen molar-refractivity contribution in [3.63, 3.8) is 0 Å². The summed E-state index contributed by atoms with van der Waals surface area (Å²) >= 11 is 5.80. The zero-order valence-electron chi connectivity index (χ0n) is 12.8. The van der Waals surface area contributed by atoms with E-state index in [-0.39, 0.29) is 5.57 Å². The summed E-state index contributed by atoms with van der Waals surface area (Å²) in [5, 5.41) is 12.4. The minimum absolute atomic E-state index is 0.00436. The maximum absolute atomic E-state index is 12.2. The van der Waals surface area contributed by atoms with Crippen LogP contribution in [0.4, 0.5) is 5.69 Å². The van der Waals surface area contributed by atoms with Gasteiger partial charge in [0.1, 0.15) is 24.0 Å². The van der Waals surface area contributed by atoms with Gasteiger partial charge in [-0.3, -0.25) is 4.79 Å². The third-order valence-corrected chi connectivity index (χ3v) is 3.28. The SMILES string of the molecule is C=CCOc1ccc(/C=C(/C#N)C(=O)Nc2ccc(Cl)cc2)cc1. The lowest BCUT2D eigenvalue weighted by Gasteiger charge is -2.05. The predicted octanol–water partition coefficient (Wildman–Crippen LogP) is 4.45. The third-order valence-electron chi connectivity index (χ3n) is 3.03. The average molecular weight is 339 g/mol. The Kier molecular flexibility index (Phi) is 6.18. The van der Waals surface area contributed by atoms with Crippen LogP contribution in [0.3, 0.4) is 0 Å². The normalized spacial score (nSPS) is 10.6.